The minimum absolute atomic E-state index is 0.402. The van der Waals surface area contributed by atoms with Gasteiger partial charge in [-0.15, -0.1) is 0 Å². The summed E-state index contributed by atoms with van der Waals surface area (Å²) in [5.74, 6) is -0.901. The Kier molecular flexibility index (Phi) is 4.56. The average molecular weight is 510 g/mol. The van der Waals surface area contributed by atoms with Crippen LogP contribution in [0.5, 0.6) is 0 Å². The topological polar surface area (TPSA) is 74.3 Å². The van der Waals surface area contributed by atoms with Crippen molar-refractivity contribution in [3.63, 3.8) is 0 Å². The molecule has 0 N–H and O–H groups in total. The summed E-state index contributed by atoms with van der Waals surface area (Å²) >= 11 is -0.725. The first-order valence-electron chi connectivity index (χ1n) is 9.36. The van der Waals surface area contributed by atoms with E-state index in [2.05, 4.69) is 0 Å². The second kappa shape index (κ2) is 6.37. The molecule has 2 aromatic carbocycles. The Labute approximate surface area is 176 Å². The molecular weight excluding hydrogens is 487 g/mol. The van der Waals surface area contributed by atoms with Gasteiger partial charge in [0.05, 0.1) is 0 Å². The molecule has 0 spiro atoms. The molecule has 0 radical (unpaired) electrons. The molecule has 2 fully saturated rings. The van der Waals surface area contributed by atoms with Gasteiger partial charge in [0.15, 0.2) is 17.7 Å². The lowest BCUT2D eigenvalue weighted by atomic mass is 9.70. The van der Waals surface area contributed by atoms with Gasteiger partial charge >= 0.3 is 21.2 Å². The molecular formula is C22H23IO4S. The van der Waals surface area contributed by atoms with Crippen LogP contribution >= 0.6 is 0 Å². The predicted molar refractivity (Wildman–Crippen MR) is 101 cm³/mol. The van der Waals surface area contributed by atoms with Gasteiger partial charge in [-0.3, -0.25) is 4.79 Å². The third-order valence-electron chi connectivity index (χ3n) is 7.17. The SMILES string of the molecule is CC12CCC(C1(C)C)C(c1ccccc1[I+]c1ccccc1)(S(=O)(=O)[O-])C2=O. The van der Waals surface area contributed by atoms with Crippen LogP contribution in [0.2, 0.25) is 0 Å². The molecule has 3 unspecified atom stereocenters. The second-order valence-electron chi connectivity index (χ2n) is 8.53. The largest absolute Gasteiger partial charge is 0.747 e. The molecule has 2 aliphatic carbocycles. The van der Waals surface area contributed by atoms with Crippen LogP contribution in [0.3, 0.4) is 0 Å². The van der Waals surface area contributed by atoms with Crippen LogP contribution in [-0.4, -0.2) is 18.8 Å². The average Bonchev–Trinajstić information content (AvgIpc) is 2.94. The number of hydrogen-bond donors (Lipinski definition) is 0. The Bertz CT molecular complexity index is 1050. The van der Waals surface area contributed by atoms with E-state index >= 15 is 0 Å². The third kappa shape index (κ3) is 2.43. The molecule has 148 valence electrons. The summed E-state index contributed by atoms with van der Waals surface area (Å²) in [6, 6.07) is 17.0. The Balaban J connectivity index is 1.97. The maximum absolute atomic E-state index is 13.7. The molecule has 3 atom stereocenters. The van der Waals surface area contributed by atoms with Crippen LogP contribution in [0.1, 0.15) is 39.2 Å². The molecule has 4 nitrogen and oxygen atoms in total. The molecule has 0 heterocycles. The van der Waals surface area contributed by atoms with Crippen molar-refractivity contribution in [1.82, 2.24) is 0 Å². The van der Waals surface area contributed by atoms with E-state index in [0.29, 0.717) is 18.4 Å². The summed E-state index contributed by atoms with van der Waals surface area (Å²) in [6.07, 6.45) is 1.21. The van der Waals surface area contributed by atoms with Crippen molar-refractivity contribution in [1.29, 1.82) is 0 Å². The van der Waals surface area contributed by atoms with Crippen molar-refractivity contribution in [3.05, 3.63) is 67.3 Å². The lowest BCUT2D eigenvalue weighted by Gasteiger charge is -2.40. The van der Waals surface area contributed by atoms with Crippen molar-refractivity contribution >= 4 is 15.9 Å². The van der Waals surface area contributed by atoms with Crippen LogP contribution in [0.15, 0.2) is 54.6 Å². The maximum atomic E-state index is 13.7. The Hall–Kier alpha value is -1.25. The lowest BCUT2D eigenvalue weighted by molar-refractivity contribution is -0.598. The molecule has 0 amide bonds. The summed E-state index contributed by atoms with van der Waals surface area (Å²) < 4.78 is 38.5. The molecule has 6 heteroatoms. The summed E-state index contributed by atoms with van der Waals surface area (Å²) in [6.45, 7) is 5.74. The van der Waals surface area contributed by atoms with Crippen LogP contribution in [-0.2, 0) is 19.7 Å². The predicted octanol–water partition coefficient (Wildman–Crippen LogP) is 0.581. The Morgan fingerprint density at radius 3 is 2.18 bits per heavy atom. The van der Waals surface area contributed by atoms with Crippen LogP contribution in [0.25, 0.3) is 0 Å². The van der Waals surface area contributed by atoms with Crippen molar-refractivity contribution in [2.75, 3.05) is 0 Å². The number of rotatable bonds is 4. The normalized spacial score (nSPS) is 31.3. The number of Topliss-reactive ketones (excluding diaryl/α,β-unsaturated/α-hetero) is 1. The van der Waals surface area contributed by atoms with Crippen molar-refractivity contribution < 1.29 is 39.0 Å². The van der Waals surface area contributed by atoms with E-state index in [1.54, 1.807) is 12.1 Å². The fourth-order valence-corrected chi connectivity index (χ4v) is 9.93. The van der Waals surface area contributed by atoms with E-state index in [0.717, 1.165) is 7.14 Å². The first-order valence-corrected chi connectivity index (χ1v) is 12.9. The van der Waals surface area contributed by atoms with E-state index in [-0.39, 0.29) is 0 Å². The third-order valence-corrected chi connectivity index (χ3v) is 11.5. The van der Waals surface area contributed by atoms with Gasteiger partial charge in [-0.05, 0) is 42.4 Å². The van der Waals surface area contributed by atoms with Crippen molar-refractivity contribution in [2.24, 2.45) is 16.7 Å². The number of benzene rings is 2. The van der Waals surface area contributed by atoms with E-state index in [1.807, 2.05) is 63.2 Å². The number of carbonyl (C=O) groups excluding carboxylic acids is 1. The molecule has 28 heavy (non-hydrogen) atoms. The highest BCUT2D eigenvalue weighted by Gasteiger charge is 2.76. The molecule has 0 aliphatic heterocycles. The summed E-state index contributed by atoms with van der Waals surface area (Å²) in [5.41, 5.74) is -0.916. The zero-order valence-electron chi connectivity index (χ0n) is 16.1. The van der Waals surface area contributed by atoms with Gasteiger partial charge in [0.1, 0.15) is 10.1 Å². The smallest absolute Gasteiger partial charge is 0.358 e. The van der Waals surface area contributed by atoms with Crippen LogP contribution in [0.4, 0.5) is 0 Å². The van der Waals surface area contributed by atoms with Crippen LogP contribution in [0, 0.1) is 23.9 Å². The highest BCUT2D eigenvalue weighted by molar-refractivity contribution is 7.87. The number of hydrogen-bond acceptors (Lipinski definition) is 4. The summed E-state index contributed by atoms with van der Waals surface area (Å²) in [5, 5.41) is 0. The number of fused-ring (bicyclic) bond motifs is 2. The molecule has 2 saturated carbocycles. The van der Waals surface area contributed by atoms with Gasteiger partial charge < -0.3 is 4.55 Å². The first-order chi connectivity index (χ1) is 13.1. The van der Waals surface area contributed by atoms with E-state index < -0.39 is 58.6 Å². The minimum atomic E-state index is -4.90. The molecule has 0 aromatic heterocycles. The zero-order valence-corrected chi connectivity index (χ0v) is 19.1. The van der Waals surface area contributed by atoms with Gasteiger partial charge in [-0.2, -0.15) is 0 Å². The number of ketones is 1. The van der Waals surface area contributed by atoms with Gasteiger partial charge in [-0.1, -0.05) is 57.2 Å². The Morgan fingerprint density at radius 2 is 1.61 bits per heavy atom. The fraction of sp³-hybridized carbons (Fsp3) is 0.409. The summed E-state index contributed by atoms with van der Waals surface area (Å²) in [4.78, 5) is 13.7. The monoisotopic (exact) mass is 510 g/mol. The molecule has 0 saturated heterocycles. The lowest BCUT2D eigenvalue weighted by Crippen LogP contribution is -3.61. The Morgan fingerprint density at radius 1 is 1.00 bits per heavy atom. The van der Waals surface area contributed by atoms with Gasteiger partial charge in [-0.25, -0.2) is 8.42 Å². The minimum Gasteiger partial charge on any atom is -0.747 e. The van der Waals surface area contributed by atoms with Gasteiger partial charge in [0.25, 0.3) is 0 Å². The molecule has 2 aromatic rings. The van der Waals surface area contributed by atoms with Crippen molar-refractivity contribution in [3.8, 4) is 0 Å². The maximum Gasteiger partial charge on any atom is 0.358 e. The zero-order chi connectivity index (χ0) is 20.4. The van der Waals surface area contributed by atoms with E-state index in [4.69, 9.17) is 0 Å². The second-order valence-corrected chi connectivity index (χ2v) is 13.0. The van der Waals surface area contributed by atoms with Gasteiger partial charge in [0.2, 0.25) is 0 Å². The fourth-order valence-electron chi connectivity index (χ4n) is 5.36. The summed E-state index contributed by atoms with van der Waals surface area (Å²) in [7, 11) is -4.90. The number of halogens is 1. The van der Waals surface area contributed by atoms with Crippen molar-refractivity contribution in [2.45, 2.75) is 38.4 Å². The highest BCUT2D eigenvalue weighted by atomic mass is 127. The van der Waals surface area contributed by atoms with Gasteiger partial charge in [0, 0.05) is 11.0 Å². The first kappa shape index (κ1) is 20.0. The van der Waals surface area contributed by atoms with Crippen LogP contribution < -0.4 is 21.2 Å². The van der Waals surface area contributed by atoms with E-state index in [1.165, 1.54) is 0 Å². The highest BCUT2D eigenvalue weighted by Crippen LogP contribution is 2.71. The standard InChI is InChI=1S/C22H23IO4S/c1-20(2)18-13-14-21(20,3)19(24)22(18,28(25,26)27)16-11-7-8-12-17(16)23-15-9-5-4-6-10-15/h4-12,18H,13-14H2,1-3H3. The quantitative estimate of drug-likeness (QED) is 0.446. The number of carbonyl (C=O) groups is 1. The molecule has 2 bridgehead atoms. The molecule has 4 rings (SSSR count). The van der Waals surface area contributed by atoms with E-state index in [9.17, 15) is 17.8 Å². The molecule has 2 aliphatic rings.